The molecule has 82 valence electrons. The van der Waals surface area contributed by atoms with Crippen molar-refractivity contribution in [1.82, 2.24) is 0 Å². The first-order valence-corrected chi connectivity index (χ1v) is 5.75. The van der Waals surface area contributed by atoms with Crippen LogP contribution in [-0.4, -0.2) is 24.2 Å². The van der Waals surface area contributed by atoms with Gasteiger partial charge in [0.25, 0.3) is 0 Å². The molecule has 3 nitrogen and oxygen atoms in total. The number of benzene rings is 1. The summed E-state index contributed by atoms with van der Waals surface area (Å²) in [6, 6.07) is 9.49. The molecule has 1 aromatic rings. The Balaban J connectivity index is 0. The van der Waals surface area contributed by atoms with Gasteiger partial charge in [-0.25, -0.2) is 0 Å². The van der Waals surface area contributed by atoms with Gasteiger partial charge in [-0.3, -0.25) is 0 Å². The average Bonchev–Trinajstić information content (AvgIpc) is 2.24. The van der Waals surface area contributed by atoms with E-state index < -0.39 is 10.0 Å². The summed E-state index contributed by atoms with van der Waals surface area (Å²) in [5.41, 5.74) is 6.18. The molecule has 0 spiro atoms. The lowest BCUT2D eigenvalue weighted by molar-refractivity contribution is 0.309. The van der Waals surface area contributed by atoms with Gasteiger partial charge in [-0.15, -0.1) is 0 Å². The predicted molar refractivity (Wildman–Crippen MR) is 64.8 cm³/mol. The van der Waals surface area contributed by atoms with E-state index in [-0.39, 0.29) is 0 Å². The molecule has 0 unspecified atom stereocenters. The third-order valence-electron chi connectivity index (χ3n) is 1.04. The van der Waals surface area contributed by atoms with Crippen molar-refractivity contribution in [3.05, 3.63) is 30.3 Å². The molecule has 0 aliphatic carbocycles. The van der Waals surface area contributed by atoms with Crippen LogP contribution < -0.4 is 5.73 Å². The van der Waals surface area contributed by atoms with Gasteiger partial charge in [0.2, 0.25) is 0 Å². The second-order valence-corrected chi connectivity index (χ2v) is 3.50. The molecule has 1 rings (SSSR count). The zero-order valence-corrected chi connectivity index (χ0v) is 10.9. The van der Waals surface area contributed by atoms with Crippen LogP contribution in [-0.2, 0) is 8.85 Å². The lowest BCUT2D eigenvalue weighted by atomic mass is 10.3. The van der Waals surface area contributed by atoms with E-state index in [0.717, 1.165) is 5.69 Å². The molecule has 0 fully saturated rings. The number of hydrogen-bond donors (Lipinski definition) is 1. The molecule has 0 radical (unpaired) electrons. The fourth-order valence-corrected chi connectivity index (χ4v) is 0.807. The summed E-state index contributed by atoms with van der Waals surface area (Å²) in [5, 5.41) is 0. The Labute approximate surface area is 89.3 Å². The van der Waals surface area contributed by atoms with Gasteiger partial charge >= 0.3 is 10.0 Å². The molecule has 0 saturated carbocycles. The summed E-state index contributed by atoms with van der Waals surface area (Å²) < 4.78 is 9.22. The second-order valence-electron chi connectivity index (χ2n) is 2.11. The zero-order chi connectivity index (χ0) is 11.2. The maximum Gasteiger partial charge on any atom is 0.303 e. The van der Waals surface area contributed by atoms with Gasteiger partial charge < -0.3 is 14.6 Å². The molecule has 0 heterocycles. The van der Waals surface area contributed by atoms with Gasteiger partial charge in [0.15, 0.2) is 0 Å². The fourth-order valence-electron chi connectivity index (χ4n) is 0.571. The third-order valence-corrected chi connectivity index (χ3v) is 1.51. The highest BCUT2D eigenvalue weighted by atomic mass is 28.3. The van der Waals surface area contributed by atoms with Crippen LogP contribution in [0.1, 0.15) is 13.8 Å². The normalized spacial score (nSPS) is 7.71. The fraction of sp³-hybridized carbons (Fsp3) is 0.400. The molecule has 14 heavy (non-hydrogen) atoms. The lowest BCUT2D eigenvalue weighted by Crippen LogP contribution is -1.93. The minimum atomic E-state index is -0.568. The number of nitrogen functional groups attached to an aromatic ring is 1. The van der Waals surface area contributed by atoms with E-state index in [1.165, 1.54) is 0 Å². The van der Waals surface area contributed by atoms with Gasteiger partial charge in [-0.05, 0) is 12.1 Å². The Bertz CT molecular complexity index is 181. The van der Waals surface area contributed by atoms with Gasteiger partial charge in [0.05, 0.1) is 0 Å². The number of hydrogen-bond acceptors (Lipinski definition) is 3. The highest BCUT2D eigenvalue weighted by Crippen LogP contribution is 1.95. The van der Waals surface area contributed by atoms with Crippen LogP contribution in [0.5, 0.6) is 0 Å². The number of anilines is 1. The van der Waals surface area contributed by atoms with Gasteiger partial charge in [0, 0.05) is 19.9 Å². The van der Waals surface area contributed by atoms with Crippen molar-refractivity contribution in [3.63, 3.8) is 0 Å². The summed E-state index contributed by atoms with van der Waals surface area (Å²) in [5.74, 6) is 0. The second kappa shape index (κ2) is 14.7. The van der Waals surface area contributed by atoms with Crippen LogP contribution >= 0.6 is 0 Å². The van der Waals surface area contributed by atoms with Crippen LogP contribution in [0.4, 0.5) is 5.69 Å². The Morgan fingerprint density at radius 1 is 1.00 bits per heavy atom. The maximum atomic E-state index is 5.36. The van der Waals surface area contributed by atoms with E-state index in [4.69, 9.17) is 5.73 Å². The van der Waals surface area contributed by atoms with E-state index >= 15 is 0 Å². The molecule has 2 N–H and O–H groups in total. The topological polar surface area (TPSA) is 44.5 Å². The van der Waals surface area contributed by atoms with E-state index in [1.54, 1.807) is 14.2 Å². The molecular formula is C10H21NO2Si. The Kier molecular flexibility index (Phi) is 16.4. The van der Waals surface area contributed by atoms with Crippen molar-refractivity contribution in [2.24, 2.45) is 0 Å². The van der Waals surface area contributed by atoms with Gasteiger partial charge in [-0.1, -0.05) is 32.0 Å². The Hall–Kier alpha value is -0.843. The molecule has 0 aliphatic rings. The minimum absolute atomic E-state index is 0.568. The summed E-state index contributed by atoms with van der Waals surface area (Å²) in [7, 11) is 2.73. The number of rotatable bonds is 2. The molecule has 0 saturated heterocycles. The largest absolute Gasteiger partial charge is 0.402 e. The molecule has 4 heteroatoms. The molecule has 1 aromatic carbocycles. The van der Waals surface area contributed by atoms with Crippen LogP contribution in [0.2, 0.25) is 0 Å². The lowest BCUT2D eigenvalue weighted by Gasteiger charge is -1.86. The number of nitrogens with two attached hydrogens (primary N) is 1. The van der Waals surface area contributed by atoms with Crippen molar-refractivity contribution < 1.29 is 8.85 Å². The maximum absolute atomic E-state index is 5.36. The molecule has 0 aromatic heterocycles. The standard InChI is InChI=1S/C6H7N.C2H8O2Si.C2H6/c7-6-4-2-1-3-5-6;1-3-5-4-2;1-2/h1-5H,7H2;5H2,1-2H3;1-2H3. The van der Waals surface area contributed by atoms with Crippen molar-refractivity contribution in [2.75, 3.05) is 20.0 Å². The first-order chi connectivity index (χ1) is 6.81. The average molecular weight is 215 g/mol. The molecule has 0 bridgehead atoms. The van der Waals surface area contributed by atoms with Crippen LogP contribution in [0.15, 0.2) is 30.3 Å². The number of para-hydroxylation sites is 1. The van der Waals surface area contributed by atoms with Crippen molar-refractivity contribution in [2.45, 2.75) is 13.8 Å². The molecular weight excluding hydrogens is 194 g/mol. The van der Waals surface area contributed by atoms with E-state index in [2.05, 4.69) is 8.85 Å². The van der Waals surface area contributed by atoms with E-state index in [0.29, 0.717) is 0 Å². The summed E-state index contributed by atoms with van der Waals surface area (Å²) >= 11 is 0. The van der Waals surface area contributed by atoms with Crippen LogP contribution in [0.25, 0.3) is 0 Å². The summed E-state index contributed by atoms with van der Waals surface area (Å²) in [6.07, 6.45) is 0. The Morgan fingerprint density at radius 3 is 1.57 bits per heavy atom. The Morgan fingerprint density at radius 2 is 1.43 bits per heavy atom. The monoisotopic (exact) mass is 215 g/mol. The van der Waals surface area contributed by atoms with E-state index in [9.17, 15) is 0 Å². The van der Waals surface area contributed by atoms with Crippen molar-refractivity contribution >= 4 is 15.7 Å². The quantitative estimate of drug-likeness (QED) is 0.601. The zero-order valence-electron chi connectivity index (χ0n) is 9.49. The SMILES string of the molecule is CC.CO[SiH2]OC.Nc1ccccc1. The predicted octanol–water partition coefficient (Wildman–Crippen LogP) is 1.57. The van der Waals surface area contributed by atoms with Gasteiger partial charge in [-0.2, -0.15) is 0 Å². The first kappa shape index (κ1) is 15.6. The smallest absolute Gasteiger partial charge is 0.303 e. The molecule has 0 atom stereocenters. The van der Waals surface area contributed by atoms with Crippen molar-refractivity contribution in [1.29, 1.82) is 0 Å². The summed E-state index contributed by atoms with van der Waals surface area (Å²) in [6.45, 7) is 4.00. The minimum Gasteiger partial charge on any atom is -0.402 e. The highest BCUT2D eigenvalue weighted by Gasteiger charge is 1.72. The third kappa shape index (κ3) is 13.7. The molecule has 0 aliphatic heterocycles. The van der Waals surface area contributed by atoms with Crippen LogP contribution in [0.3, 0.4) is 0 Å². The van der Waals surface area contributed by atoms with Crippen LogP contribution in [0, 0.1) is 0 Å². The molecule has 0 amide bonds. The summed E-state index contributed by atoms with van der Waals surface area (Å²) in [4.78, 5) is 0. The first-order valence-electron chi connectivity index (χ1n) is 4.59. The van der Waals surface area contributed by atoms with E-state index in [1.807, 2.05) is 44.2 Å². The highest BCUT2D eigenvalue weighted by molar-refractivity contribution is 6.17. The van der Waals surface area contributed by atoms with Crippen molar-refractivity contribution in [3.8, 4) is 0 Å². The van der Waals surface area contributed by atoms with Gasteiger partial charge in [0.1, 0.15) is 0 Å².